The molecule has 0 unspecified atom stereocenters. The Bertz CT molecular complexity index is 1190. The van der Waals surface area contributed by atoms with E-state index in [0.717, 1.165) is 42.0 Å². The molecule has 0 aromatic heterocycles. The van der Waals surface area contributed by atoms with Gasteiger partial charge in [0.05, 0.1) is 18.7 Å². The zero-order valence-corrected chi connectivity index (χ0v) is 21.6. The molecule has 38 heavy (non-hydrogen) atoms. The summed E-state index contributed by atoms with van der Waals surface area (Å²) < 4.78 is 43.9. The van der Waals surface area contributed by atoms with Crippen LogP contribution in [-0.4, -0.2) is 64.4 Å². The molecule has 1 saturated heterocycles. The average molecular weight is 530 g/mol. The van der Waals surface area contributed by atoms with Gasteiger partial charge in [-0.3, -0.25) is 9.59 Å². The van der Waals surface area contributed by atoms with E-state index in [4.69, 9.17) is 14.2 Å². The summed E-state index contributed by atoms with van der Waals surface area (Å²) in [6, 6.07) is 12.5. The average Bonchev–Trinajstić information content (AvgIpc) is 3.76. The molecule has 2 heterocycles. The van der Waals surface area contributed by atoms with Crippen LogP contribution in [0.3, 0.4) is 0 Å². The van der Waals surface area contributed by atoms with Crippen LogP contribution < -0.4 is 24.6 Å². The molecule has 0 radical (unpaired) electrons. The van der Waals surface area contributed by atoms with Gasteiger partial charge in [-0.1, -0.05) is 12.1 Å². The smallest absolute Gasteiger partial charge is 0.482 e. The van der Waals surface area contributed by atoms with E-state index in [9.17, 15) is 18.4 Å². The van der Waals surface area contributed by atoms with E-state index in [1.54, 1.807) is 24.1 Å². The summed E-state index contributed by atoms with van der Waals surface area (Å²) in [7, 11) is 3.14. The number of anilines is 2. The molecule has 2 amide bonds. The molecule has 5 rings (SSSR count). The van der Waals surface area contributed by atoms with E-state index < -0.39 is 12.0 Å². The van der Waals surface area contributed by atoms with Crippen LogP contribution >= 0.6 is 0 Å². The summed E-state index contributed by atoms with van der Waals surface area (Å²) >= 11 is 0. The van der Waals surface area contributed by atoms with E-state index in [1.165, 1.54) is 13.2 Å². The SMILES string of the molecule is COCCCN1C(=O)C(F)(F)Oc2ccc(N(C(=O)[C@H]3CNCC[C@@H]3c3cccc(OC)c3)C3CC3)cc21. The molecule has 204 valence electrons. The predicted molar refractivity (Wildman–Crippen MR) is 138 cm³/mol. The molecule has 2 aliphatic heterocycles. The van der Waals surface area contributed by atoms with Crippen LogP contribution in [-0.2, 0) is 14.3 Å². The second-order valence-corrected chi connectivity index (χ2v) is 10.00. The first-order valence-corrected chi connectivity index (χ1v) is 13.0. The van der Waals surface area contributed by atoms with Gasteiger partial charge in [0.2, 0.25) is 5.91 Å². The van der Waals surface area contributed by atoms with E-state index in [0.29, 0.717) is 25.3 Å². The zero-order valence-electron chi connectivity index (χ0n) is 21.6. The van der Waals surface area contributed by atoms with Crippen molar-refractivity contribution in [1.82, 2.24) is 5.32 Å². The molecular formula is C28H33F2N3O5. The van der Waals surface area contributed by atoms with Crippen molar-refractivity contribution in [3.05, 3.63) is 48.0 Å². The summed E-state index contributed by atoms with van der Waals surface area (Å²) in [4.78, 5) is 29.6. The molecule has 1 aliphatic carbocycles. The zero-order chi connectivity index (χ0) is 26.9. The predicted octanol–water partition coefficient (Wildman–Crippen LogP) is 3.94. The molecular weight excluding hydrogens is 496 g/mol. The lowest BCUT2D eigenvalue weighted by Gasteiger charge is -2.37. The summed E-state index contributed by atoms with van der Waals surface area (Å²) in [5, 5.41) is 3.36. The number of fused-ring (bicyclic) bond motifs is 1. The number of halogens is 2. The molecule has 2 aromatic carbocycles. The van der Waals surface area contributed by atoms with E-state index in [2.05, 4.69) is 5.32 Å². The standard InChI is InChI=1S/C28H33F2N3O5/c1-36-14-4-13-32-24-16-20(9-10-25(24)38-28(29,30)27(32)35)33(19-7-8-19)26(34)23-17-31-12-11-22(23)18-5-3-6-21(15-18)37-2/h3,5-6,9-10,15-16,19,22-23,31H,4,7-8,11-14,17H2,1-2H3/t22-,23+/m1/s1. The number of hydrogen-bond acceptors (Lipinski definition) is 6. The summed E-state index contributed by atoms with van der Waals surface area (Å²) in [6.07, 6.45) is -1.05. The molecule has 1 saturated carbocycles. The minimum absolute atomic E-state index is 0.00636. The highest BCUT2D eigenvalue weighted by atomic mass is 19.3. The lowest BCUT2D eigenvalue weighted by Crippen LogP contribution is -2.51. The van der Waals surface area contributed by atoms with Crippen LogP contribution in [0.1, 0.15) is 37.2 Å². The maximum Gasteiger partial charge on any atom is 0.482 e. The first-order valence-electron chi connectivity index (χ1n) is 13.0. The van der Waals surface area contributed by atoms with Crippen LogP contribution in [0.4, 0.5) is 20.2 Å². The van der Waals surface area contributed by atoms with Gasteiger partial charge in [-0.15, -0.1) is 0 Å². The van der Waals surface area contributed by atoms with E-state index in [-0.39, 0.29) is 41.8 Å². The van der Waals surface area contributed by atoms with Crippen LogP contribution in [0.5, 0.6) is 11.5 Å². The number of amides is 2. The van der Waals surface area contributed by atoms with Gasteiger partial charge in [0.1, 0.15) is 5.75 Å². The molecule has 2 fully saturated rings. The lowest BCUT2D eigenvalue weighted by molar-refractivity contribution is -0.192. The highest BCUT2D eigenvalue weighted by molar-refractivity contribution is 6.03. The molecule has 10 heteroatoms. The Labute approximate surface area is 220 Å². The number of methoxy groups -OCH3 is 2. The van der Waals surface area contributed by atoms with Gasteiger partial charge >= 0.3 is 12.0 Å². The van der Waals surface area contributed by atoms with Gasteiger partial charge in [-0.05, 0) is 74.0 Å². The minimum Gasteiger partial charge on any atom is -0.497 e. The van der Waals surface area contributed by atoms with Gasteiger partial charge in [0.25, 0.3) is 0 Å². The molecule has 0 spiro atoms. The lowest BCUT2D eigenvalue weighted by atomic mass is 9.80. The maximum atomic E-state index is 14.3. The quantitative estimate of drug-likeness (QED) is 0.496. The number of nitrogens with zero attached hydrogens (tertiary/aromatic N) is 2. The highest BCUT2D eigenvalue weighted by Gasteiger charge is 2.51. The van der Waals surface area contributed by atoms with Crippen LogP contribution in [0.2, 0.25) is 0 Å². The minimum atomic E-state index is -3.95. The van der Waals surface area contributed by atoms with Crippen LogP contribution in [0, 0.1) is 5.92 Å². The number of alkyl halides is 2. The molecule has 2 aromatic rings. The van der Waals surface area contributed by atoms with Gasteiger partial charge in [0.15, 0.2) is 5.75 Å². The molecule has 3 aliphatic rings. The number of carbonyl (C=O) groups is 2. The van der Waals surface area contributed by atoms with Crippen molar-refractivity contribution in [1.29, 1.82) is 0 Å². The normalized spacial score (nSPS) is 22.4. The number of nitrogens with one attached hydrogen (secondary N) is 1. The number of rotatable bonds is 9. The monoisotopic (exact) mass is 529 g/mol. The maximum absolute atomic E-state index is 14.3. The van der Waals surface area contributed by atoms with Crippen molar-refractivity contribution in [3.8, 4) is 11.5 Å². The fourth-order valence-electron chi connectivity index (χ4n) is 5.41. The molecule has 8 nitrogen and oxygen atoms in total. The van der Waals surface area contributed by atoms with Gasteiger partial charge < -0.3 is 29.3 Å². The molecule has 0 bridgehead atoms. The summed E-state index contributed by atoms with van der Waals surface area (Å²) in [5.41, 5.74) is 1.86. The topological polar surface area (TPSA) is 80.3 Å². The van der Waals surface area contributed by atoms with Crippen molar-refractivity contribution in [2.75, 3.05) is 50.3 Å². The highest BCUT2D eigenvalue weighted by Crippen LogP contribution is 2.44. The second-order valence-electron chi connectivity index (χ2n) is 10.00. The van der Waals surface area contributed by atoms with E-state index in [1.807, 2.05) is 24.3 Å². The number of hydrogen-bond donors (Lipinski definition) is 1. The van der Waals surface area contributed by atoms with Crippen LogP contribution in [0.25, 0.3) is 0 Å². The number of ether oxygens (including phenoxy) is 3. The van der Waals surface area contributed by atoms with Crippen molar-refractivity contribution >= 4 is 23.2 Å². The fourth-order valence-corrected chi connectivity index (χ4v) is 5.41. The van der Waals surface area contributed by atoms with Crippen LogP contribution in [0.15, 0.2) is 42.5 Å². The largest absolute Gasteiger partial charge is 0.497 e. The number of carbonyl (C=O) groups excluding carboxylic acids is 2. The van der Waals surface area contributed by atoms with Crippen molar-refractivity contribution in [2.45, 2.75) is 43.8 Å². The molecule has 2 atom stereocenters. The second kappa shape index (κ2) is 10.9. The summed E-state index contributed by atoms with van der Waals surface area (Å²) in [6.45, 7) is 1.70. The Morgan fingerprint density at radius 3 is 2.74 bits per heavy atom. The Morgan fingerprint density at radius 2 is 2.00 bits per heavy atom. The third kappa shape index (κ3) is 5.19. The third-order valence-corrected chi connectivity index (χ3v) is 7.44. The van der Waals surface area contributed by atoms with Gasteiger partial charge in [-0.25, -0.2) is 0 Å². The first kappa shape index (κ1) is 26.4. The first-order chi connectivity index (χ1) is 18.3. The van der Waals surface area contributed by atoms with Crippen molar-refractivity contribution in [2.24, 2.45) is 5.92 Å². The summed E-state index contributed by atoms with van der Waals surface area (Å²) in [5.74, 6) is -1.09. The molecule has 1 N–H and O–H groups in total. The fraction of sp³-hybridized carbons (Fsp3) is 0.500. The van der Waals surface area contributed by atoms with Crippen molar-refractivity contribution < 1.29 is 32.6 Å². The van der Waals surface area contributed by atoms with Gasteiger partial charge in [0, 0.05) is 38.5 Å². The van der Waals surface area contributed by atoms with Crippen molar-refractivity contribution in [3.63, 3.8) is 0 Å². The Morgan fingerprint density at radius 1 is 1.18 bits per heavy atom. The number of benzene rings is 2. The Kier molecular flexibility index (Phi) is 7.54. The van der Waals surface area contributed by atoms with E-state index >= 15 is 0 Å². The third-order valence-electron chi connectivity index (χ3n) is 7.44. The Hall–Kier alpha value is -3.24. The Balaban J connectivity index is 1.47. The van der Waals surface area contributed by atoms with Gasteiger partial charge in [-0.2, -0.15) is 8.78 Å². The number of piperidine rings is 1.